The number of hydrogen-bond donors (Lipinski definition) is 2. The molecule has 0 amide bonds. The van der Waals surface area contributed by atoms with Gasteiger partial charge in [-0.05, 0) is 37.5 Å². The van der Waals surface area contributed by atoms with Crippen LogP contribution < -0.4 is 10.6 Å². The smallest absolute Gasteiger partial charge is 0.0959 e. The standard InChI is InChI=1S/C16H23BN2/c1-12-8-9-16(10-14(12)11-17)19-13(2)18-15-6-4-3-5-7-15/h8-10,15,18-19H,2-7,11H2,1H3. The summed E-state index contributed by atoms with van der Waals surface area (Å²) in [4.78, 5) is 0. The van der Waals surface area contributed by atoms with Gasteiger partial charge in [-0.3, -0.25) is 0 Å². The van der Waals surface area contributed by atoms with Crippen molar-refractivity contribution in [2.24, 2.45) is 0 Å². The van der Waals surface area contributed by atoms with Crippen LogP contribution in [-0.2, 0) is 6.32 Å². The average Bonchev–Trinajstić information content (AvgIpc) is 2.42. The van der Waals surface area contributed by atoms with Crippen molar-refractivity contribution >= 4 is 13.5 Å². The summed E-state index contributed by atoms with van der Waals surface area (Å²) in [7, 11) is 5.73. The quantitative estimate of drug-likeness (QED) is 0.786. The molecule has 1 aromatic rings. The first-order chi connectivity index (χ1) is 9.19. The Morgan fingerprint density at radius 3 is 2.74 bits per heavy atom. The summed E-state index contributed by atoms with van der Waals surface area (Å²) in [6.07, 6.45) is 7.10. The van der Waals surface area contributed by atoms with Gasteiger partial charge in [-0.15, -0.1) is 0 Å². The average molecular weight is 254 g/mol. The molecule has 0 heterocycles. The molecule has 0 saturated heterocycles. The molecule has 0 unspecified atom stereocenters. The molecule has 2 radical (unpaired) electrons. The lowest BCUT2D eigenvalue weighted by molar-refractivity contribution is 0.398. The second kappa shape index (κ2) is 6.69. The third-order valence-electron chi connectivity index (χ3n) is 3.85. The van der Waals surface area contributed by atoms with Crippen LogP contribution in [0.2, 0.25) is 0 Å². The molecule has 100 valence electrons. The monoisotopic (exact) mass is 254 g/mol. The number of anilines is 1. The normalized spacial score (nSPS) is 16.1. The maximum atomic E-state index is 5.73. The number of aryl methyl sites for hydroxylation is 1. The van der Waals surface area contributed by atoms with E-state index in [-0.39, 0.29) is 0 Å². The molecule has 1 fully saturated rings. The number of nitrogens with one attached hydrogen (secondary N) is 2. The molecule has 3 heteroatoms. The van der Waals surface area contributed by atoms with Crippen molar-refractivity contribution in [3.8, 4) is 0 Å². The first kappa shape index (κ1) is 14.0. The molecule has 1 aromatic carbocycles. The molecule has 0 atom stereocenters. The van der Waals surface area contributed by atoms with E-state index in [9.17, 15) is 0 Å². The van der Waals surface area contributed by atoms with Crippen molar-refractivity contribution in [1.29, 1.82) is 0 Å². The van der Waals surface area contributed by atoms with Crippen LogP contribution in [0.25, 0.3) is 0 Å². The molecule has 0 aromatic heterocycles. The molecule has 2 rings (SSSR count). The Bertz CT molecular complexity index is 436. The maximum Gasteiger partial charge on any atom is 0.0959 e. The Balaban J connectivity index is 1.90. The van der Waals surface area contributed by atoms with E-state index in [4.69, 9.17) is 7.85 Å². The van der Waals surface area contributed by atoms with E-state index in [0.29, 0.717) is 12.4 Å². The van der Waals surface area contributed by atoms with Gasteiger partial charge in [-0.1, -0.05) is 43.8 Å². The summed E-state index contributed by atoms with van der Waals surface area (Å²) >= 11 is 0. The van der Waals surface area contributed by atoms with Gasteiger partial charge in [-0.25, -0.2) is 0 Å². The molecule has 1 aliphatic rings. The Labute approximate surface area is 118 Å². The zero-order valence-corrected chi connectivity index (χ0v) is 11.8. The van der Waals surface area contributed by atoms with E-state index in [1.165, 1.54) is 43.2 Å². The number of benzene rings is 1. The fraction of sp³-hybridized carbons (Fsp3) is 0.500. The van der Waals surface area contributed by atoms with E-state index in [1.807, 2.05) is 0 Å². The van der Waals surface area contributed by atoms with Gasteiger partial charge in [-0.2, -0.15) is 0 Å². The molecular formula is C16H23BN2. The van der Waals surface area contributed by atoms with Crippen LogP contribution in [-0.4, -0.2) is 13.9 Å². The summed E-state index contributed by atoms with van der Waals surface area (Å²) in [5.41, 5.74) is 3.47. The molecule has 0 spiro atoms. The Hall–Kier alpha value is -1.38. The highest BCUT2D eigenvalue weighted by Gasteiger charge is 2.13. The van der Waals surface area contributed by atoms with Gasteiger partial charge in [0, 0.05) is 11.7 Å². The summed E-state index contributed by atoms with van der Waals surface area (Å²) in [5.74, 6) is 0.888. The van der Waals surface area contributed by atoms with Crippen molar-refractivity contribution in [3.63, 3.8) is 0 Å². The van der Waals surface area contributed by atoms with Gasteiger partial charge in [0.15, 0.2) is 0 Å². The van der Waals surface area contributed by atoms with Crippen molar-refractivity contribution in [2.45, 2.75) is 51.4 Å². The zero-order chi connectivity index (χ0) is 13.7. The molecule has 2 nitrogen and oxygen atoms in total. The third kappa shape index (κ3) is 4.05. The summed E-state index contributed by atoms with van der Waals surface area (Å²) < 4.78 is 0. The predicted molar refractivity (Wildman–Crippen MR) is 83.4 cm³/mol. The van der Waals surface area contributed by atoms with Crippen molar-refractivity contribution in [1.82, 2.24) is 5.32 Å². The van der Waals surface area contributed by atoms with Crippen LogP contribution in [0.1, 0.15) is 43.2 Å². The first-order valence-electron chi connectivity index (χ1n) is 7.21. The fourth-order valence-corrected chi connectivity index (χ4v) is 2.67. The van der Waals surface area contributed by atoms with Gasteiger partial charge in [0.1, 0.15) is 0 Å². The highest BCUT2D eigenvalue weighted by molar-refractivity contribution is 6.08. The lowest BCUT2D eigenvalue weighted by atomic mass is 9.93. The zero-order valence-electron chi connectivity index (χ0n) is 11.8. The largest absolute Gasteiger partial charge is 0.369 e. The van der Waals surface area contributed by atoms with E-state index in [1.54, 1.807) is 0 Å². The van der Waals surface area contributed by atoms with Gasteiger partial charge < -0.3 is 10.6 Å². The molecular weight excluding hydrogens is 231 g/mol. The molecule has 0 bridgehead atoms. The Morgan fingerprint density at radius 2 is 2.05 bits per heavy atom. The van der Waals surface area contributed by atoms with Gasteiger partial charge in [0.05, 0.1) is 13.7 Å². The summed E-state index contributed by atoms with van der Waals surface area (Å²) in [6, 6.07) is 6.84. The highest BCUT2D eigenvalue weighted by atomic mass is 15.1. The molecule has 1 saturated carbocycles. The minimum absolute atomic E-state index is 0.573. The number of hydrogen-bond acceptors (Lipinski definition) is 2. The van der Waals surface area contributed by atoms with Crippen LogP contribution >= 0.6 is 0 Å². The SMILES string of the molecule is [B]Cc1cc(NC(=C)NC2CCCCC2)ccc1C. The van der Waals surface area contributed by atoms with E-state index < -0.39 is 0 Å². The van der Waals surface area contributed by atoms with Gasteiger partial charge >= 0.3 is 0 Å². The van der Waals surface area contributed by atoms with Crippen LogP contribution in [0.3, 0.4) is 0 Å². The Morgan fingerprint density at radius 1 is 1.32 bits per heavy atom. The predicted octanol–water partition coefficient (Wildman–Crippen LogP) is 3.47. The van der Waals surface area contributed by atoms with Crippen LogP contribution in [0.5, 0.6) is 0 Å². The van der Waals surface area contributed by atoms with E-state index in [2.05, 4.69) is 42.3 Å². The lowest BCUT2D eigenvalue weighted by Crippen LogP contribution is -2.32. The number of rotatable bonds is 5. The van der Waals surface area contributed by atoms with Crippen molar-refractivity contribution < 1.29 is 0 Å². The lowest BCUT2D eigenvalue weighted by Gasteiger charge is -2.25. The minimum atomic E-state index is 0.573. The second-order valence-corrected chi connectivity index (χ2v) is 5.43. The topological polar surface area (TPSA) is 24.1 Å². The minimum Gasteiger partial charge on any atom is -0.369 e. The van der Waals surface area contributed by atoms with Crippen molar-refractivity contribution in [3.05, 3.63) is 41.7 Å². The Kier molecular flexibility index (Phi) is 4.95. The van der Waals surface area contributed by atoms with Gasteiger partial charge in [0.2, 0.25) is 0 Å². The van der Waals surface area contributed by atoms with Crippen LogP contribution in [0.4, 0.5) is 5.69 Å². The molecule has 2 N–H and O–H groups in total. The molecule has 19 heavy (non-hydrogen) atoms. The molecule has 1 aliphatic carbocycles. The van der Waals surface area contributed by atoms with E-state index >= 15 is 0 Å². The van der Waals surface area contributed by atoms with E-state index in [0.717, 1.165) is 11.5 Å². The highest BCUT2D eigenvalue weighted by Crippen LogP contribution is 2.19. The van der Waals surface area contributed by atoms with Crippen LogP contribution in [0.15, 0.2) is 30.6 Å². The summed E-state index contributed by atoms with van der Waals surface area (Å²) in [5, 5.41) is 6.81. The fourth-order valence-electron chi connectivity index (χ4n) is 2.67. The van der Waals surface area contributed by atoms with Crippen LogP contribution in [0, 0.1) is 6.92 Å². The summed E-state index contributed by atoms with van der Waals surface area (Å²) in [6.45, 7) is 6.15. The molecule has 0 aliphatic heterocycles. The third-order valence-corrected chi connectivity index (χ3v) is 3.85. The first-order valence-corrected chi connectivity index (χ1v) is 7.21. The maximum absolute atomic E-state index is 5.73. The van der Waals surface area contributed by atoms with Crippen molar-refractivity contribution in [2.75, 3.05) is 5.32 Å². The van der Waals surface area contributed by atoms with Gasteiger partial charge in [0.25, 0.3) is 0 Å². The second-order valence-electron chi connectivity index (χ2n) is 5.43.